The molecule has 0 amide bonds. The number of anilines is 1. The molecule has 0 spiro atoms. The number of hydrogen-bond donors (Lipinski definition) is 3. The second-order valence-corrected chi connectivity index (χ2v) is 8.59. The predicted octanol–water partition coefficient (Wildman–Crippen LogP) is 2.37. The maximum Gasteiger partial charge on any atom is 0.335 e. The number of nitrogens with one attached hydrogen (secondary N) is 2. The normalized spacial score (nSPS) is 12.3. The van der Waals surface area contributed by atoms with Crippen molar-refractivity contribution in [1.29, 1.82) is 0 Å². The molecule has 2 aromatic carbocycles. The minimum atomic E-state index is -3.98. The van der Waals surface area contributed by atoms with E-state index < -0.39 is 16.0 Å². The van der Waals surface area contributed by atoms with Gasteiger partial charge in [0.15, 0.2) is 11.5 Å². The standard InChI is InChI=1S/C21H28N2O7S/c1-14(13-28-2)23-17-7-6-16(21(24)25)12-20(17)31(26,27)22-10-9-15-5-8-18(29-3)19(11-15)30-4/h5-8,11-12,14,22-23H,9-10,13H2,1-4H3,(H,24,25). The van der Waals surface area contributed by atoms with Gasteiger partial charge in [-0.1, -0.05) is 6.07 Å². The van der Waals surface area contributed by atoms with Gasteiger partial charge < -0.3 is 24.6 Å². The molecule has 0 aliphatic carbocycles. The van der Waals surface area contributed by atoms with Gasteiger partial charge >= 0.3 is 5.97 Å². The Morgan fingerprint density at radius 3 is 2.39 bits per heavy atom. The zero-order valence-electron chi connectivity index (χ0n) is 18.0. The molecule has 0 fully saturated rings. The third-order valence-electron chi connectivity index (χ3n) is 4.49. The highest BCUT2D eigenvalue weighted by molar-refractivity contribution is 7.89. The van der Waals surface area contributed by atoms with Gasteiger partial charge in [-0.3, -0.25) is 0 Å². The number of rotatable bonds is 12. The van der Waals surface area contributed by atoms with Gasteiger partial charge in [-0.05, 0) is 49.2 Å². The number of carboxylic acids is 1. The molecule has 0 aliphatic rings. The summed E-state index contributed by atoms with van der Waals surface area (Å²) >= 11 is 0. The average molecular weight is 453 g/mol. The molecular weight excluding hydrogens is 424 g/mol. The van der Waals surface area contributed by atoms with E-state index in [9.17, 15) is 18.3 Å². The quantitative estimate of drug-likeness (QED) is 0.449. The highest BCUT2D eigenvalue weighted by Crippen LogP contribution is 2.28. The van der Waals surface area contributed by atoms with Crippen molar-refractivity contribution in [3.05, 3.63) is 47.5 Å². The van der Waals surface area contributed by atoms with Crippen LogP contribution in [0.4, 0.5) is 5.69 Å². The monoisotopic (exact) mass is 452 g/mol. The van der Waals surface area contributed by atoms with Gasteiger partial charge in [-0.2, -0.15) is 0 Å². The minimum absolute atomic E-state index is 0.113. The van der Waals surface area contributed by atoms with E-state index in [0.29, 0.717) is 30.2 Å². The van der Waals surface area contributed by atoms with E-state index in [1.807, 2.05) is 13.0 Å². The van der Waals surface area contributed by atoms with Crippen molar-refractivity contribution in [2.24, 2.45) is 0 Å². The summed E-state index contributed by atoms with van der Waals surface area (Å²) < 4.78 is 44.0. The molecule has 0 saturated carbocycles. The Labute approximate surface area is 182 Å². The van der Waals surface area contributed by atoms with Crippen LogP contribution in [-0.4, -0.2) is 60.0 Å². The van der Waals surface area contributed by atoms with Gasteiger partial charge in [0, 0.05) is 19.7 Å². The van der Waals surface area contributed by atoms with Crippen LogP contribution in [-0.2, 0) is 21.2 Å². The van der Waals surface area contributed by atoms with Crippen LogP contribution < -0.4 is 19.5 Å². The SMILES string of the molecule is COCC(C)Nc1ccc(C(=O)O)cc1S(=O)(=O)NCCc1ccc(OC)c(OC)c1. The molecule has 0 aromatic heterocycles. The Balaban J connectivity index is 2.21. The van der Waals surface area contributed by atoms with Crippen LogP contribution in [0.25, 0.3) is 0 Å². The van der Waals surface area contributed by atoms with Crippen LogP contribution >= 0.6 is 0 Å². The van der Waals surface area contributed by atoms with Crippen molar-refractivity contribution >= 4 is 21.7 Å². The van der Waals surface area contributed by atoms with Gasteiger partial charge in [-0.25, -0.2) is 17.9 Å². The smallest absolute Gasteiger partial charge is 0.335 e. The summed E-state index contributed by atoms with van der Waals surface area (Å²) in [5.41, 5.74) is 1.03. The van der Waals surface area contributed by atoms with Crippen LogP contribution in [0.3, 0.4) is 0 Å². The van der Waals surface area contributed by atoms with Crippen LogP contribution in [0.2, 0.25) is 0 Å². The van der Waals surface area contributed by atoms with Crippen LogP contribution in [0.5, 0.6) is 11.5 Å². The fourth-order valence-electron chi connectivity index (χ4n) is 3.00. The predicted molar refractivity (Wildman–Crippen MR) is 117 cm³/mol. The lowest BCUT2D eigenvalue weighted by Crippen LogP contribution is -2.28. The Bertz CT molecular complexity index is 1010. The molecule has 2 aromatic rings. The highest BCUT2D eigenvalue weighted by atomic mass is 32.2. The highest BCUT2D eigenvalue weighted by Gasteiger charge is 2.21. The Hall–Kier alpha value is -2.82. The summed E-state index contributed by atoms with van der Waals surface area (Å²) in [6.07, 6.45) is 0.404. The Morgan fingerprint density at radius 2 is 1.77 bits per heavy atom. The number of hydrogen-bond acceptors (Lipinski definition) is 7. The summed E-state index contributed by atoms with van der Waals surface area (Å²) in [4.78, 5) is 11.2. The number of benzene rings is 2. The zero-order valence-corrected chi connectivity index (χ0v) is 18.8. The summed E-state index contributed by atoms with van der Waals surface area (Å²) in [6.45, 7) is 2.30. The van der Waals surface area contributed by atoms with Gasteiger partial charge in [0.05, 0.1) is 32.1 Å². The molecule has 0 radical (unpaired) electrons. The molecular formula is C21H28N2O7S. The van der Waals surface area contributed by atoms with Crippen LogP contribution in [0.15, 0.2) is 41.3 Å². The van der Waals surface area contributed by atoms with Crippen molar-refractivity contribution < 1.29 is 32.5 Å². The van der Waals surface area contributed by atoms with E-state index in [4.69, 9.17) is 14.2 Å². The number of methoxy groups -OCH3 is 3. The first-order valence-electron chi connectivity index (χ1n) is 9.55. The second-order valence-electron chi connectivity index (χ2n) is 6.85. The van der Waals surface area contributed by atoms with Crippen LogP contribution in [0.1, 0.15) is 22.8 Å². The lowest BCUT2D eigenvalue weighted by atomic mass is 10.1. The molecule has 0 bridgehead atoms. The first-order valence-corrected chi connectivity index (χ1v) is 11.0. The van der Waals surface area contributed by atoms with E-state index in [0.717, 1.165) is 11.6 Å². The van der Waals surface area contributed by atoms with E-state index in [1.165, 1.54) is 26.4 Å². The first-order chi connectivity index (χ1) is 14.7. The molecule has 0 aliphatic heterocycles. The zero-order chi connectivity index (χ0) is 23.0. The average Bonchev–Trinajstić information content (AvgIpc) is 2.73. The maximum atomic E-state index is 13.0. The molecule has 2 rings (SSSR count). The second kappa shape index (κ2) is 11.0. The van der Waals surface area contributed by atoms with E-state index in [2.05, 4.69) is 10.0 Å². The third-order valence-corrected chi connectivity index (χ3v) is 5.99. The van der Waals surface area contributed by atoms with Crippen molar-refractivity contribution in [1.82, 2.24) is 4.72 Å². The number of carbonyl (C=O) groups is 1. The van der Waals surface area contributed by atoms with Crippen molar-refractivity contribution in [2.45, 2.75) is 24.3 Å². The molecule has 31 heavy (non-hydrogen) atoms. The molecule has 1 unspecified atom stereocenters. The lowest BCUT2D eigenvalue weighted by molar-refractivity contribution is 0.0696. The largest absolute Gasteiger partial charge is 0.493 e. The third kappa shape index (κ3) is 6.58. The number of ether oxygens (including phenoxy) is 3. The van der Waals surface area contributed by atoms with Gasteiger partial charge in [0.25, 0.3) is 0 Å². The lowest BCUT2D eigenvalue weighted by Gasteiger charge is -2.18. The van der Waals surface area contributed by atoms with Crippen molar-refractivity contribution in [3.63, 3.8) is 0 Å². The fraction of sp³-hybridized carbons (Fsp3) is 0.381. The number of carboxylic acid groups (broad SMARTS) is 1. The molecule has 9 nitrogen and oxygen atoms in total. The van der Waals surface area contributed by atoms with Crippen molar-refractivity contribution in [2.75, 3.05) is 39.8 Å². The molecule has 0 heterocycles. The van der Waals surface area contributed by atoms with Gasteiger partial charge in [0.1, 0.15) is 4.90 Å². The number of aromatic carboxylic acids is 1. The Kier molecular flexibility index (Phi) is 8.66. The first kappa shape index (κ1) is 24.4. The van der Waals surface area contributed by atoms with Crippen LogP contribution in [0, 0.1) is 0 Å². The summed E-state index contributed by atoms with van der Waals surface area (Å²) in [7, 11) is 0.626. The molecule has 0 saturated heterocycles. The maximum absolute atomic E-state index is 13.0. The van der Waals surface area contributed by atoms with E-state index >= 15 is 0 Å². The Morgan fingerprint density at radius 1 is 1.06 bits per heavy atom. The molecule has 170 valence electrons. The fourth-order valence-corrected chi connectivity index (χ4v) is 4.22. The van der Waals surface area contributed by atoms with E-state index in [-0.39, 0.29) is 23.0 Å². The summed E-state index contributed by atoms with van der Waals surface area (Å²) in [5, 5.41) is 12.3. The molecule has 3 N–H and O–H groups in total. The summed E-state index contributed by atoms with van der Waals surface area (Å²) in [6, 6.07) is 9.10. The van der Waals surface area contributed by atoms with Crippen molar-refractivity contribution in [3.8, 4) is 11.5 Å². The van der Waals surface area contributed by atoms with Gasteiger partial charge in [-0.15, -0.1) is 0 Å². The molecule has 10 heteroatoms. The topological polar surface area (TPSA) is 123 Å². The number of sulfonamides is 1. The molecule has 1 atom stereocenters. The van der Waals surface area contributed by atoms with E-state index in [1.54, 1.807) is 19.2 Å². The van der Waals surface area contributed by atoms with Gasteiger partial charge in [0.2, 0.25) is 10.0 Å². The summed E-state index contributed by atoms with van der Waals surface area (Å²) in [5.74, 6) is -0.0767. The minimum Gasteiger partial charge on any atom is -0.493 e.